The second-order valence-corrected chi connectivity index (χ2v) is 7.83. The number of thiocarbonyl (C=S) groups is 1. The second-order valence-electron chi connectivity index (χ2n) is 5.02. The largest absolute Gasteiger partial charge is 0.389 e. The molecule has 1 unspecified atom stereocenters. The van der Waals surface area contributed by atoms with E-state index in [2.05, 4.69) is 0 Å². The summed E-state index contributed by atoms with van der Waals surface area (Å²) in [5.41, 5.74) is 6.02. The SMILES string of the molecule is CC(C)C(C)N(C)S(=O)(=O)c1cc(C(N)=S)ccc1Cl. The Morgan fingerprint density at radius 1 is 1.35 bits per heavy atom. The van der Waals surface area contributed by atoms with E-state index in [1.165, 1.54) is 16.4 Å². The van der Waals surface area contributed by atoms with Crippen molar-refractivity contribution in [2.75, 3.05) is 7.05 Å². The molecule has 1 aromatic carbocycles. The van der Waals surface area contributed by atoms with Crippen LogP contribution in [0.5, 0.6) is 0 Å². The van der Waals surface area contributed by atoms with Crippen LogP contribution in [-0.2, 0) is 10.0 Å². The van der Waals surface area contributed by atoms with Gasteiger partial charge in [0, 0.05) is 18.7 Å². The van der Waals surface area contributed by atoms with Crippen LogP contribution in [0.15, 0.2) is 23.1 Å². The maximum absolute atomic E-state index is 12.6. The molecule has 7 heteroatoms. The Labute approximate surface area is 131 Å². The van der Waals surface area contributed by atoms with Gasteiger partial charge in [0.15, 0.2) is 0 Å². The van der Waals surface area contributed by atoms with Crippen molar-refractivity contribution in [3.8, 4) is 0 Å². The van der Waals surface area contributed by atoms with Crippen molar-refractivity contribution in [3.63, 3.8) is 0 Å². The lowest BCUT2D eigenvalue weighted by Crippen LogP contribution is -2.38. The summed E-state index contributed by atoms with van der Waals surface area (Å²) in [6.07, 6.45) is 0. The number of benzene rings is 1. The first kappa shape index (κ1) is 17.4. The molecule has 0 amide bonds. The van der Waals surface area contributed by atoms with E-state index in [1.807, 2.05) is 20.8 Å². The van der Waals surface area contributed by atoms with E-state index in [0.717, 1.165) is 0 Å². The van der Waals surface area contributed by atoms with Crippen LogP contribution in [-0.4, -0.2) is 30.8 Å². The third-order valence-corrected chi connectivity index (χ3v) is 6.07. The molecular formula is C13H19ClN2O2S2. The molecule has 0 aliphatic rings. The number of sulfonamides is 1. The average molecular weight is 335 g/mol. The highest BCUT2D eigenvalue weighted by Gasteiger charge is 2.29. The van der Waals surface area contributed by atoms with Gasteiger partial charge in [-0.1, -0.05) is 43.7 Å². The molecule has 0 bridgehead atoms. The predicted molar refractivity (Wildman–Crippen MR) is 86.6 cm³/mol. The van der Waals surface area contributed by atoms with Crippen LogP contribution in [0.3, 0.4) is 0 Å². The quantitative estimate of drug-likeness (QED) is 0.841. The molecule has 0 spiro atoms. The predicted octanol–water partition coefficient (Wildman–Crippen LogP) is 2.64. The zero-order valence-corrected chi connectivity index (χ0v) is 14.3. The van der Waals surface area contributed by atoms with E-state index in [0.29, 0.717) is 5.56 Å². The molecule has 20 heavy (non-hydrogen) atoms. The minimum absolute atomic E-state index is 0.0273. The van der Waals surface area contributed by atoms with Crippen LogP contribution < -0.4 is 5.73 Å². The Kier molecular flexibility index (Phi) is 5.54. The lowest BCUT2D eigenvalue weighted by molar-refractivity contribution is 0.316. The van der Waals surface area contributed by atoms with Gasteiger partial charge in [0.1, 0.15) is 9.88 Å². The van der Waals surface area contributed by atoms with Crippen molar-refractivity contribution in [1.29, 1.82) is 0 Å². The summed E-state index contributed by atoms with van der Waals surface area (Å²) in [6, 6.07) is 4.38. The summed E-state index contributed by atoms with van der Waals surface area (Å²) in [5, 5.41) is 0.160. The minimum Gasteiger partial charge on any atom is -0.389 e. The fourth-order valence-electron chi connectivity index (χ4n) is 1.65. The van der Waals surface area contributed by atoms with Gasteiger partial charge in [-0.3, -0.25) is 0 Å². The van der Waals surface area contributed by atoms with E-state index in [-0.39, 0.29) is 26.9 Å². The van der Waals surface area contributed by atoms with E-state index >= 15 is 0 Å². The summed E-state index contributed by atoms with van der Waals surface area (Å²) >= 11 is 10.9. The Hall–Kier alpha value is -0.690. The van der Waals surface area contributed by atoms with Gasteiger partial charge in [0.05, 0.1) is 5.02 Å². The molecule has 4 nitrogen and oxygen atoms in total. The highest BCUT2D eigenvalue weighted by molar-refractivity contribution is 7.89. The van der Waals surface area contributed by atoms with Crippen molar-refractivity contribution < 1.29 is 8.42 Å². The molecule has 1 atom stereocenters. The van der Waals surface area contributed by atoms with Crippen LogP contribution in [0.2, 0.25) is 5.02 Å². The Balaban J connectivity index is 3.35. The van der Waals surface area contributed by atoms with Crippen LogP contribution in [0, 0.1) is 5.92 Å². The molecule has 0 aliphatic carbocycles. The molecule has 0 saturated heterocycles. The molecule has 0 radical (unpaired) electrons. The summed E-state index contributed by atoms with van der Waals surface area (Å²) in [5.74, 6) is 0.187. The summed E-state index contributed by atoms with van der Waals surface area (Å²) in [4.78, 5) is 0.164. The van der Waals surface area contributed by atoms with Crippen molar-refractivity contribution in [2.24, 2.45) is 11.7 Å². The number of halogens is 1. The molecule has 0 saturated carbocycles. The smallest absolute Gasteiger partial charge is 0.244 e. The lowest BCUT2D eigenvalue weighted by Gasteiger charge is -2.27. The van der Waals surface area contributed by atoms with E-state index < -0.39 is 10.0 Å². The lowest BCUT2D eigenvalue weighted by atomic mass is 10.1. The molecule has 0 fully saturated rings. The molecule has 0 aliphatic heterocycles. The standard InChI is InChI=1S/C13H19ClN2O2S2/c1-8(2)9(3)16(4)20(17,18)12-7-10(13(15)19)5-6-11(12)14/h5-9H,1-4H3,(H2,15,19). The molecular weight excluding hydrogens is 316 g/mol. The maximum Gasteiger partial charge on any atom is 0.244 e. The summed E-state index contributed by atoms with van der Waals surface area (Å²) < 4.78 is 26.6. The van der Waals surface area contributed by atoms with Gasteiger partial charge in [-0.25, -0.2) is 8.42 Å². The van der Waals surface area contributed by atoms with Crippen molar-refractivity contribution in [2.45, 2.75) is 31.7 Å². The van der Waals surface area contributed by atoms with Crippen LogP contribution in [0.25, 0.3) is 0 Å². The number of rotatable bonds is 5. The maximum atomic E-state index is 12.6. The van der Waals surface area contributed by atoms with Gasteiger partial charge in [-0.2, -0.15) is 4.31 Å². The topological polar surface area (TPSA) is 63.4 Å². The van der Waals surface area contributed by atoms with Gasteiger partial charge < -0.3 is 5.73 Å². The third-order valence-electron chi connectivity index (χ3n) is 3.41. The fraction of sp³-hybridized carbons (Fsp3) is 0.462. The van der Waals surface area contributed by atoms with E-state index in [4.69, 9.17) is 29.6 Å². The zero-order valence-electron chi connectivity index (χ0n) is 11.9. The highest BCUT2D eigenvalue weighted by atomic mass is 35.5. The molecule has 2 N–H and O–H groups in total. The molecule has 0 heterocycles. The minimum atomic E-state index is -3.68. The third kappa shape index (κ3) is 3.49. The molecule has 0 aromatic heterocycles. The first-order chi connectivity index (χ1) is 9.09. The Bertz CT molecular complexity index is 615. The monoisotopic (exact) mass is 334 g/mol. The number of nitrogens with two attached hydrogens (primary N) is 1. The molecule has 1 aromatic rings. The van der Waals surface area contributed by atoms with Gasteiger partial charge in [-0.15, -0.1) is 0 Å². The summed E-state index contributed by atoms with van der Waals surface area (Å²) in [7, 11) is -2.14. The van der Waals surface area contributed by atoms with Crippen molar-refractivity contribution >= 4 is 38.8 Å². The number of hydrogen-bond donors (Lipinski definition) is 1. The van der Waals surface area contributed by atoms with Crippen molar-refractivity contribution in [1.82, 2.24) is 4.31 Å². The normalized spacial score (nSPS) is 13.8. The van der Waals surface area contributed by atoms with Crippen molar-refractivity contribution in [3.05, 3.63) is 28.8 Å². The van der Waals surface area contributed by atoms with Crippen LogP contribution in [0.1, 0.15) is 26.3 Å². The zero-order chi connectivity index (χ0) is 15.7. The second kappa shape index (κ2) is 6.39. The van der Waals surface area contributed by atoms with Gasteiger partial charge >= 0.3 is 0 Å². The summed E-state index contributed by atoms with van der Waals surface area (Å²) in [6.45, 7) is 5.78. The first-order valence-corrected chi connectivity index (χ1v) is 8.39. The fourth-order valence-corrected chi connectivity index (χ4v) is 3.77. The van der Waals surface area contributed by atoms with Gasteiger partial charge in [0.25, 0.3) is 0 Å². The van der Waals surface area contributed by atoms with Crippen LogP contribution >= 0.6 is 23.8 Å². The van der Waals surface area contributed by atoms with Crippen LogP contribution in [0.4, 0.5) is 0 Å². The molecule has 1 rings (SSSR count). The number of hydrogen-bond acceptors (Lipinski definition) is 3. The number of nitrogens with zero attached hydrogens (tertiary/aromatic N) is 1. The van der Waals surface area contributed by atoms with Gasteiger partial charge in [-0.05, 0) is 25.0 Å². The Morgan fingerprint density at radius 3 is 2.35 bits per heavy atom. The van der Waals surface area contributed by atoms with Gasteiger partial charge in [0.2, 0.25) is 10.0 Å². The van der Waals surface area contributed by atoms with E-state index in [1.54, 1.807) is 13.1 Å². The Morgan fingerprint density at radius 2 is 1.90 bits per heavy atom. The average Bonchev–Trinajstić information content (AvgIpc) is 2.36. The van der Waals surface area contributed by atoms with E-state index in [9.17, 15) is 8.42 Å². The highest BCUT2D eigenvalue weighted by Crippen LogP contribution is 2.27. The first-order valence-electron chi connectivity index (χ1n) is 6.16. The molecule has 112 valence electrons.